The van der Waals surface area contributed by atoms with Crippen LogP contribution in [0.5, 0.6) is 5.88 Å². The molecule has 0 radical (unpaired) electrons. The Hall–Kier alpha value is -3.20. The van der Waals surface area contributed by atoms with Gasteiger partial charge in [-0.3, -0.25) is 14.0 Å². The van der Waals surface area contributed by atoms with Crippen molar-refractivity contribution in [3.63, 3.8) is 0 Å². The third-order valence-electron chi connectivity index (χ3n) is 6.88. The number of imidazole rings is 1. The zero-order valence-electron chi connectivity index (χ0n) is 19.4. The Morgan fingerprint density at radius 3 is 2.64 bits per heavy atom. The normalized spacial score (nSPS) is 24.4. The van der Waals surface area contributed by atoms with Crippen molar-refractivity contribution < 1.29 is 14.3 Å². The molecule has 174 valence electrons. The number of pyridine rings is 1. The summed E-state index contributed by atoms with van der Waals surface area (Å²) >= 11 is 0. The van der Waals surface area contributed by atoms with Gasteiger partial charge in [-0.05, 0) is 58.6 Å². The second-order valence-electron chi connectivity index (χ2n) is 9.77. The van der Waals surface area contributed by atoms with Crippen molar-refractivity contribution in [2.24, 2.45) is 7.05 Å². The molecule has 9 heteroatoms. The van der Waals surface area contributed by atoms with Crippen molar-refractivity contribution in [1.82, 2.24) is 18.9 Å². The molecule has 0 atom stereocenters. The van der Waals surface area contributed by atoms with E-state index in [-0.39, 0.29) is 39.8 Å². The van der Waals surface area contributed by atoms with Gasteiger partial charge < -0.3 is 19.4 Å². The molecule has 0 aromatic carbocycles. The maximum Gasteiger partial charge on any atom is 0.274 e. The van der Waals surface area contributed by atoms with Gasteiger partial charge in [0.25, 0.3) is 11.5 Å². The summed E-state index contributed by atoms with van der Waals surface area (Å²) in [6.07, 6.45) is 9.12. The minimum absolute atomic E-state index is 0.0167. The lowest BCUT2D eigenvalue weighted by Crippen LogP contribution is -2.51. The number of carbonyl (C=O) groups is 1. The van der Waals surface area contributed by atoms with Crippen molar-refractivity contribution in [1.29, 1.82) is 0 Å². The Morgan fingerprint density at radius 2 is 1.97 bits per heavy atom. The number of aryl methyl sites for hydroxylation is 1. The fourth-order valence-electron chi connectivity index (χ4n) is 4.70. The fourth-order valence-corrected chi connectivity index (χ4v) is 4.70. The minimum Gasteiger partial charge on any atom is -0.474 e. The number of anilines is 1. The van der Waals surface area contributed by atoms with Crippen LogP contribution < -0.4 is 15.6 Å². The molecule has 3 fully saturated rings. The Kier molecular flexibility index (Phi) is 5.04. The van der Waals surface area contributed by atoms with Crippen LogP contribution in [0.2, 0.25) is 0 Å². The lowest BCUT2D eigenvalue weighted by molar-refractivity contribution is -0.146. The van der Waals surface area contributed by atoms with E-state index < -0.39 is 5.91 Å². The molecule has 9 nitrogen and oxygen atoms in total. The van der Waals surface area contributed by atoms with Crippen LogP contribution in [0.25, 0.3) is 5.78 Å². The SMILES string of the molecule is CC(C)Oc1nc2nc(C34CCC(C)(CC3)OC4)cn2cc1C(=O)Nc1cccn(C)c1=O. The van der Waals surface area contributed by atoms with E-state index in [0.717, 1.165) is 31.4 Å². The zero-order valence-corrected chi connectivity index (χ0v) is 19.4. The summed E-state index contributed by atoms with van der Waals surface area (Å²) in [7, 11) is 1.63. The summed E-state index contributed by atoms with van der Waals surface area (Å²) < 4.78 is 15.2. The van der Waals surface area contributed by atoms with Crippen LogP contribution in [0, 0.1) is 0 Å². The van der Waals surface area contributed by atoms with E-state index in [9.17, 15) is 9.59 Å². The Bertz CT molecular complexity index is 1270. The lowest BCUT2D eigenvalue weighted by atomic mass is 9.65. The Balaban J connectivity index is 1.53. The largest absolute Gasteiger partial charge is 0.474 e. The molecule has 3 aromatic heterocycles. The van der Waals surface area contributed by atoms with E-state index >= 15 is 0 Å². The van der Waals surface area contributed by atoms with Crippen molar-refractivity contribution in [2.75, 3.05) is 11.9 Å². The first kappa shape index (κ1) is 21.6. The molecule has 2 saturated heterocycles. The van der Waals surface area contributed by atoms with E-state index in [1.807, 2.05) is 20.0 Å². The molecular formula is C24H29N5O4. The molecule has 3 aliphatic rings. The molecule has 1 aliphatic carbocycles. The highest BCUT2D eigenvalue weighted by atomic mass is 16.5. The number of amides is 1. The third-order valence-corrected chi connectivity index (χ3v) is 6.88. The van der Waals surface area contributed by atoms with Crippen LogP contribution in [0.1, 0.15) is 62.5 Å². The molecule has 3 aromatic rings. The number of ether oxygens (including phenoxy) is 2. The number of hydrogen-bond donors (Lipinski definition) is 1. The number of hydrogen-bond acceptors (Lipinski definition) is 6. The van der Waals surface area contributed by atoms with Crippen LogP contribution in [0.3, 0.4) is 0 Å². The molecule has 33 heavy (non-hydrogen) atoms. The molecule has 1 N–H and O–H groups in total. The summed E-state index contributed by atoms with van der Waals surface area (Å²) in [6, 6.07) is 3.27. The first-order valence-corrected chi connectivity index (χ1v) is 11.4. The number of rotatable bonds is 5. The fraction of sp³-hybridized carbons (Fsp3) is 0.500. The lowest BCUT2D eigenvalue weighted by Gasteiger charge is -2.51. The van der Waals surface area contributed by atoms with Crippen LogP contribution in [0.4, 0.5) is 5.69 Å². The standard InChI is InChI=1S/C24H29N5O4/c1-15(2)33-20-16(19(30)25-17-6-5-11-28(4)21(17)31)12-29-13-18(26-22(29)27-20)24-9-7-23(3,8-10-24)32-14-24/h5-6,11-13,15H,7-10,14H2,1-4H3,(H,25,30). The Morgan fingerprint density at radius 1 is 1.21 bits per heavy atom. The van der Waals surface area contributed by atoms with Crippen LogP contribution >= 0.6 is 0 Å². The van der Waals surface area contributed by atoms with Crippen molar-refractivity contribution in [3.05, 3.63) is 52.3 Å². The average Bonchev–Trinajstić information content (AvgIpc) is 3.20. The third kappa shape index (κ3) is 3.80. The number of nitrogens with zero attached hydrogens (tertiary/aromatic N) is 4. The molecule has 1 saturated carbocycles. The second-order valence-corrected chi connectivity index (χ2v) is 9.77. The van der Waals surface area contributed by atoms with Crippen molar-refractivity contribution >= 4 is 17.4 Å². The summed E-state index contributed by atoms with van der Waals surface area (Å²) in [5.41, 5.74) is 0.925. The van der Waals surface area contributed by atoms with Gasteiger partial charge in [-0.2, -0.15) is 4.98 Å². The van der Waals surface area contributed by atoms with Gasteiger partial charge >= 0.3 is 0 Å². The predicted octanol–water partition coefficient (Wildman–Crippen LogP) is 3.07. The topological polar surface area (TPSA) is 99.8 Å². The molecule has 0 unspecified atom stereocenters. The summed E-state index contributed by atoms with van der Waals surface area (Å²) in [4.78, 5) is 34.9. The zero-order chi connectivity index (χ0) is 23.4. The molecule has 2 aliphatic heterocycles. The first-order valence-electron chi connectivity index (χ1n) is 11.4. The monoisotopic (exact) mass is 451 g/mol. The summed E-state index contributed by atoms with van der Waals surface area (Å²) in [5.74, 6) is 0.195. The maximum absolute atomic E-state index is 13.2. The number of aromatic nitrogens is 4. The maximum atomic E-state index is 13.2. The molecule has 5 heterocycles. The molecular weight excluding hydrogens is 422 g/mol. The average molecular weight is 452 g/mol. The van der Waals surface area contributed by atoms with Gasteiger partial charge in [0.1, 0.15) is 11.3 Å². The van der Waals surface area contributed by atoms with Gasteiger partial charge in [0.15, 0.2) is 0 Å². The highest BCUT2D eigenvalue weighted by molar-refractivity contribution is 6.05. The highest BCUT2D eigenvalue weighted by Crippen LogP contribution is 2.49. The second kappa shape index (κ2) is 7.69. The van der Waals surface area contributed by atoms with E-state index in [2.05, 4.69) is 17.2 Å². The van der Waals surface area contributed by atoms with Crippen LogP contribution in [0.15, 0.2) is 35.5 Å². The predicted molar refractivity (Wildman–Crippen MR) is 123 cm³/mol. The minimum atomic E-state index is -0.466. The van der Waals surface area contributed by atoms with Gasteiger partial charge in [-0.25, -0.2) is 4.98 Å². The van der Waals surface area contributed by atoms with Crippen LogP contribution in [-0.2, 0) is 17.2 Å². The van der Waals surface area contributed by atoms with E-state index in [1.165, 1.54) is 4.57 Å². The van der Waals surface area contributed by atoms with Gasteiger partial charge in [0.05, 0.1) is 24.0 Å². The van der Waals surface area contributed by atoms with Gasteiger partial charge in [0, 0.05) is 31.1 Å². The molecule has 1 amide bonds. The molecule has 6 rings (SSSR count). The highest BCUT2D eigenvalue weighted by Gasteiger charge is 2.49. The number of carbonyl (C=O) groups excluding carboxylic acids is 1. The smallest absolute Gasteiger partial charge is 0.274 e. The number of nitrogens with one attached hydrogen (secondary N) is 1. The summed E-state index contributed by atoms with van der Waals surface area (Å²) in [5, 5.41) is 2.70. The summed E-state index contributed by atoms with van der Waals surface area (Å²) in [6.45, 7) is 6.57. The van der Waals surface area contributed by atoms with E-state index in [1.54, 1.807) is 36.0 Å². The molecule has 2 bridgehead atoms. The van der Waals surface area contributed by atoms with Crippen LogP contribution in [-0.4, -0.2) is 43.2 Å². The quantitative estimate of drug-likeness (QED) is 0.640. The first-order chi connectivity index (χ1) is 15.7. The van der Waals surface area contributed by atoms with Gasteiger partial charge in [-0.15, -0.1) is 0 Å². The number of fused-ring (bicyclic) bond motifs is 4. The van der Waals surface area contributed by atoms with Crippen molar-refractivity contribution in [3.8, 4) is 5.88 Å². The van der Waals surface area contributed by atoms with E-state index in [4.69, 9.17) is 14.5 Å². The Labute approximate surface area is 191 Å². The van der Waals surface area contributed by atoms with Gasteiger partial charge in [-0.1, -0.05) is 0 Å². The molecule has 0 spiro atoms. The van der Waals surface area contributed by atoms with E-state index in [0.29, 0.717) is 12.4 Å². The van der Waals surface area contributed by atoms with Crippen molar-refractivity contribution in [2.45, 2.75) is 63.6 Å². The van der Waals surface area contributed by atoms with Gasteiger partial charge in [0.2, 0.25) is 11.7 Å².